The minimum atomic E-state index is -0.228. The Hall–Kier alpha value is -4.95. The van der Waals surface area contributed by atoms with Gasteiger partial charge in [0.2, 0.25) is 0 Å². The van der Waals surface area contributed by atoms with Crippen molar-refractivity contribution in [3.05, 3.63) is 127 Å². The average molecular weight is 503 g/mol. The Balaban J connectivity index is 1.55. The molecule has 8 rings (SSSR count). The van der Waals surface area contributed by atoms with E-state index in [0.717, 1.165) is 33.0 Å². The summed E-state index contributed by atoms with van der Waals surface area (Å²) in [5.41, 5.74) is 4.57. The van der Waals surface area contributed by atoms with Crippen LogP contribution in [0.3, 0.4) is 0 Å². The van der Waals surface area contributed by atoms with Crippen molar-refractivity contribution in [2.75, 3.05) is 7.11 Å². The highest BCUT2D eigenvalue weighted by Crippen LogP contribution is 2.47. The van der Waals surface area contributed by atoms with E-state index in [-0.39, 0.29) is 5.82 Å². The van der Waals surface area contributed by atoms with Crippen molar-refractivity contribution >= 4 is 53.9 Å². The highest BCUT2D eigenvalue weighted by Gasteiger charge is 2.20. The van der Waals surface area contributed by atoms with Crippen molar-refractivity contribution in [2.45, 2.75) is 0 Å². The van der Waals surface area contributed by atoms with Crippen LogP contribution >= 0.6 is 0 Å². The number of hydrogen-bond donors (Lipinski definition) is 0. The van der Waals surface area contributed by atoms with E-state index in [0.29, 0.717) is 0 Å². The Kier molecular flexibility index (Phi) is 4.68. The number of fused-ring (bicyclic) bond motifs is 2. The summed E-state index contributed by atoms with van der Waals surface area (Å²) in [5, 5.41) is 12.0. The van der Waals surface area contributed by atoms with E-state index in [1.165, 1.54) is 48.8 Å². The van der Waals surface area contributed by atoms with Gasteiger partial charge in [0.25, 0.3) is 0 Å². The van der Waals surface area contributed by atoms with Gasteiger partial charge in [-0.05, 0) is 89.6 Å². The first-order valence-corrected chi connectivity index (χ1v) is 13.2. The zero-order chi connectivity index (χ0) is 26.1. The standard InChI is InChI=1S/C37H23FO/c1-39-33-21-15-24-12-18-30-31(19-13-23-14-20-32(33)36(24)35(23)30)37-28-8-4-2-6-26(28)34(22-10-16-25(38)17-11-22)27-7-3-5-9-29(27)37/h2-21H,1H3. The second-order valence-electron chi connectivity index (χ2n) is 10.2. The predicted molar refractivity (Wildman–Crippen MR) is 163 cm³/mol. The summed E-state index contributed by atoms with van der Waals surface area (Å²) >= 11 is 0. The largest absolute Gasteiger partial charge is 0.496 e. The lowest BCUT2D eigenvalue weighted by Crippen LogP contribution is -1.93. The number of benzene rings is 8. The molecule has 8 aromatic carbocycles. The van der Waals surface area contributed by atoms with E-state index in [1.807, 2.05) is 12.1 Å². The second-order valence-corrected chi connectivity index (χ2v) is 10.2. The molecule has 8 aromatic rings. The monoisotopic (exact) mass is 502 g/mol. The van der Waals surface area contributed by atoms with Crippen molar-refractivity contribution in [3.63, 3.8) is 0 Å². The third-order valence-electron chi connectivity index (χ3n) is 8.18. The molecule has 184 valence electrons. The Labute approximate surface area is 225 Å². The first-order chi connectivity index (χ1) is 19.2. The van der Waals surface area contributed by atoms with Crippen LogP contribution in [0.25, 0.3) is 76.1 Å². The quantitative estimate of drug-likeness (QED) is 0.172. The van der Waals surface area contributed by atoms with Crippen molar-refractivity contribution < 1.29 is 9.13 Å². The fourth-order valence-electron chi connectivity index (χ4n) is 6.52. The molecule has 39 heavy (non-hydrogen) atoms. The van der Waals surface area contributed by atoms with E-state index >= 15 is 0 Å². The maximum absolute atomic E-state index is 13.9. The summed E-state index contributed by atoms with van der Waals surface area (Å²) in [5.74, 6) is 0.663. The van der Waals surface area contributed by atoms with Crippen molar-refractivity contribution in [3.8, 4) is 28.0 Å². The first-order valence-electron chi connectivity index (χ1n) is 13.2. The molecule has 0 fully saturated rings. The van der Waals surface area contributed by atoms with Crippen molar-refractivity contribution in [1.29, 1.82) is 0 Å². The number of hydrogen-bond acceptors (Lipinski definition) is 1. The summed E-state index contributed by atoms with van der Waals surface area (Å²) in [7, 11) is 1.73. The molecule has 0 amide bonds. The molecule has 0 spiro atoms. The Bertz CT molecular complexity index is 2150. The molecule has 0 saturated carbocycles. The summed E-state index contributed by atoms with van der Waals surface area (Å²) in [4.78, 5) is 0. The Morgan fingerprint density at radius 3 is 1.59 bits per heavy atom. The lowest BCUT2D eigenvalue weighted by Gasteiger charge is -2.20. The third-order valence-corrected chi connectivity index (χ3v) is 8.18. The zero-order valence-electron chi connectivity index (χ0n) is 21.3. The topological polar surface area (TPSA) is 9.23 Å². The molecule has 0 heterocycles. The molecule has 2 heteroatoms. The SMILES string of the molecule is COc1ccc2ccc3c(-c4c5ccccc5c(-c5ccc(F)cc5)c5ccccc45)ccc4ccc1c2c43. The van der Waals surface area contributed by atoms with E-state index in [2.05, 4.69) is 97.1 Å². The molecule has 0 radical (unpaired) electrons. The molecule has 0 atom stereocenters. The molecule has 0 unspecified atom stereocenters. The number of halogens is 1. The molecule has 0 aliphatic carbocycles. The fourth-order valence-corrected chi connectivity index (χ4v) is 6.52. The van der Waals surface area contributed by atoms with Gasteiger partial charge in [-0.1, -0.05) is 97.1 Å². The fraction of sp³-hybridized carbons (Fsp3) is 0.0270. The number of rotatable bonds is 3. The summed E-state index contributed by atoms with van der Waals surface area (Å²) < 4.78 is 19.6. The number of methoxy groups -OCH3 is 1. The van der Waals surface area contributed by atoms with Crippen LogP contribution in [0.2, 0.25) is 0 Å². The van der Waals surface area contributed by atoms with Crippen LogP contribution in [0.1, 0.15) is 0 Å². The maximum Gasteiger partial charge on any atom is 0.126 e. The van der Waals surface area contributed by atoms with Crippen molar-refractivity contribution in [1.82, 2.24) is 0 Å². The first kappa shape index (κ1) is 22.1. The molecule has 0 saturated heterocycles. The van der Waals surface area contributed by atoms with Crippen LogP contribution < -0.4 is 4.74 Å². The zero-order valence-corrected chi connectivity index (χ0v) is 21.3. The molecular formula is C37H23FO. The summed E-state index contributed by atoms with van der Waals surface area (Å²) in [6, 6.07) is 41.6. The van der Waals surface area contributed by atoms with Gasteiger partial charge in [-0.2, -0.15) is 0 Å². The van der Waals surface area contributed by atoms with Gasteiger partial charge in [0.05, 0.1) is 7.11 Å². The van der Waals surface area contributed by atoms with Crippen LogP contribution in [0, 0.1) is 5.82 Å². The lowest BCUT2D eigenvalue weighted by atomic mass is 9.83. The third kappa shape index (κ3) is 3.12. The molecular weight excluding hydrogens is 479 g/mol. The smallest absolute Gasteiger partial charge is 0.126 e. The number of ether oxygens (including phenoxy) is 1. The maximum atomic E-state index is 13.9. The van der Waals surface area contributed by atoms with Gasteiger partial charge >= 0.3 is 0 Å². The van der Waals surface area contributed by atoms with Crippen LogP contribution in [-0.4, -0.2) is 7.11 Å². The normalized spacial score (nSPS) is 11.8. The van der Waals surface area contributed by atoms with Crippen LogP contribution in [0.15, 0.2) is 121 Å². The average Bonchev–Trinajstić information content (AvgIpc) is 2.99. The highest BCUT2D eigenvalue weighted by molar-refractivity contribution is 6.29. The van der Waals surface area contributed by atoms with Gasteiger partial charge in [-0.3, -0.25) is 0 Å². The Morgan fingerprint density at radius 1 is 0.462 bits per heavy atom. The van der Waals surface area contributed by atoms with Crippen LogP contribution in [0.5, 0.6) is 5.75 Å². The van der Waals surface area contributed by atoms with E-state index in [1.54, 1.807) is 19.2 Å². The minimum Gasteiger partial charge on any atom is -0.496 e. The van der Waals surface area contributed by atoms with Gasteiger partial charge < -0.3 is 4.74 Å². The van der Waals surface area contributed by atoms with E-state index < -0.39 is 0 Å². The van der Waals surface area contributed by atoms with Gasteiger partial charge in [0, 0.05) is 10.8 Å². The van der Waals surface area contributed by atoms with Gasteiger partial charge in [-0.25, -0.2) is 4.39 Å². The molecule has 0 bridgehead atoms. The van der Waals surface area contributed by atoms with E-state index in [9.17, 15) is 4.39 Å². The summed E-state index contributed by atoms with van der Waals surface area (Å²) in [6.07, 6.45) is 0. The molecule has 0 aliphatic heterocycles. The van der Waals surface area contributed by atoms with E-state index in [4.69, 9.17) is 4.74 Å². The second kappa shape index (κ2) is 8.28. The molecule has 0 aliphatic rings. The van der Waals surface area contributed by atoms with Crippen LogP contribution in [-0.2, 0) is 0 Å². The van der Waals surface area contributed by atoms with Gasteiger partial charge in [0.15, 0.2) is 0 Å². The Morgan fingerprint density at radius 2 is 0.974 bits per heavy atom. The van der Waals surface area contributed by atoms with Gasteiger partial charge in [-0.15, -0.1) is 0 Å². The predicted octanol–water partition coefficient (Wildman–Crippen LogP) is 10.4. The van der Waals surface area contributed by atoms with Crippen LogP contribution in [0.4, 0.5) is 4.39 Å². The molecule has 0 N–H and O–H groups in total. The van der Waals surface area contributed by atoms with Gasteiger partial charge in [0.1, 0.15) is 11.6 Å². The molecule has 0 aromatic heterocycles. The molecule has 1 nitrogen and oxygen atoms in total. The van der Waals surface area contributed by atoms with Crippen molar-refractivity contribution in [2.24, 2.45) is 0 Å². The highest BCUT2D eigenvalue weighted by atomic mass is 19.1. The summed E-state index contributed by atoms with van der Waals surface area (Å²) in [6.45, 7) is 0. The lowest BCUT2D eigenvalue weighted by molar-refractivity contribution is 0.420. The minimum absolute atomic E-state index is 0.228.